The summed E-state index contributed by atoms with van der Waals surface area (Å²) in [6, 6.07) is 15.1. The molecule has 0 spiro atoms. The number of carbonyl (C=O) groups is 1. The third-order valence-corrected chi connectivity index (χ3v) is 3.92. The highest BCUT2D eigenvalue weighted by atomic mass is 35.5. The Kier molecular flexibility index (Phi) is 3.36. The second-order valence-electron chi connectivity index (χ2n) is 4.85. The fraction of sp³-hybridized carbons (Fsp3) is 0.188. The van der Waals surface area contributed by atoms with Crippen molar-refractivity contribution in [3.8, 4) is 0 Å². The van der Waals surface area contributed by atoms with Crippen LogP contribution in [0.5, 0.6) is 0 Å². The van der Waals surface area contributed by atoms with Gasteiger partial charge in [-0.1, -0.05) is 35.9 Å². The zero-order chi connectivity index (χ0) is 14.1. The number of hydrogen-bond acceptors (Lipinski definition) is 2. The number of hydrogen-bond donors (Lipinski definition) is 0. The summed E-state index contributed by atoms with van der Waals surface area (Å²) in [5.41, 5.74) is 2.55. The fourth-order valence-corrected chi connectivity index (χ4v) is 2.71. The minimum absolute atomic E-state index is 0.0452. The van der Waals surface area contributed by atoms with Crippen LogP contribution >= 0.6 is 11.6 Å². The minimum Gasteiger partial charge on any atom is -0.371 e. The Balaban J connectivity index is 2.02. The third-order valence-electron chi connectivity index (χ3n) is 3.59. The van der Waals surface area contributed by atoms with Gasteiger partial charge >= 0.3 is 0 Å². The van der Waals surface area contributed by atoms with E-state index in [0.717, 1.165) is 17.9 Å². The van der Waals surface area contributed by atoms with Crippen molar-refractivity contribution in [3.63, 3.8) is 0 Å². The minimum atomic E-state index is -0.0452. The molecule has 4 heteroatoms. The van der Waals surface area contributed by atoms with Crippen LogP contribution in [-0.4, -0.2) is 26.0 Å². The van der Waals surface area contributed by atoms with Gasteiger partial charge in [0, 0.05) is 20.1 Å². The summed E-state index contributed by atoms with van der Waals surface area (Å²) in [4.78, 5) is 16.7. The highest BCUT2D eigenvalue weighted by Crippen LogP contribution is 2.33. The Bertz CT molecular complexity index is 656. The number of nitrogens with zero attached hydrogens (tertiary/aromatic N) is 2. The average molecular weight is 287 g/mol. The summed E-state index contributed by atoms with van der Waals surface area (Å²) in [6.07, 6.45) is 0. The van der Waals surface area contributed by atoms with E-state index >= 15 is 0 Å². The summed E-state index contributed by atoms with van der Waals surface area (Å²) >= 11 is 6.14. The number of para-hydroxylation sites is 2. The maximum absolute atomic E-state index is 12.7. The molecule has 0 radical (unpaired) electrons. The number of anilines is 2. The van der Waals surface area contributed by atoms with E-state index in [1.54, 1.807) is 17.0 Å². The first-order valence-corrected chi connectivity index (χ1v) is 6.93. The van der Waals surface area contributed by atoms with E-state index in [2.05, 4.69) is 4.90 Å². The number of likely N-dealkylation sites (N-methyl/N-ethyl adjacent to an activating group) is 1. The zero-order valence-corrected chi connectivity index (χ0v) is 12.0. The first-order valence-electron chi connectivity index (χ1n) is 6.55. The van der Waals surface area contributed by atoms with Crippen molar-refractivity contribution in [2.24, 2.45) is 0 Å². The zero-order valence-electron chi connectivity index (χ0n) is 11.2. The maximum Gasteiger partial charge on any atom is 0.259 e. The lowest BCUT2D eigenvalue weighted by Crippen LogP contribution is -2.42. The third kappa shape index (κ3) is 2.14. The van der Waals surface area contributed by atoms with Gasteiger partial charge < -0.3 is 9.80 Å². The number of halogens is 1. The van der Waals surface area contributed by atoms with Crippen LogP contribution in [0.4, 0.5) is 11.4 Å². The molecule has 0 fully saturated rings. The Morgan fingerprint density at radius 1 is 1.00 bits per heavy atom. The largest absolute Gasteiger partial charge is 0.371 e. The highest BCUT2D eigenvalue weighted by Gasteiger charge is 2.26. The molecule has 0 N–H and O–H groups in total. The second kappa shape index (κ2) is 5.17. The highest BCUT2D eigenvalue weighted by molar-refractivity contribution is 6.34. The number of benzene rings is 2. The predicted molar refractivity (Wildman–Crippen MR) is 82.8 cm³/mol. The Labute approximate surface area is 123 Å². The first kappa shape index (κ1) is 13.0. The SMILES string of the molecule is CN1CCN(C(=O)c2ccccc2Cl)c2ccccc21. The fourth-order valence-electron chi connectivity index (χ4n) is 2.50. The van der Waals surface area contributed by atoms with Gasteiger partial charge in [0.05, 0.1) is 22.0 Å². The van der Waals surface area contributed by atoms with Crippen molar-refractivity contribution in [2.75, 3.05) is 29.9 Å². The molecule has 1 heterocycles. The van der Waals surface area contributed by atoms with E-state index in [0.29, 0.717) is 17.1 Å². The van der Waals surface area contributed by atoms with Crippen LogP contribution < -0.4 is 9.80 Å². The van der Waals surface area contributed by atoms with Gasteiger partial charge in [0.25, 0.3) is 5.91 Å². The standard InChI is InChI=1S/C16H15ClN2O/c1-18-10-11-19(15-9-5-4-8-14(15)18)16(20)12-6-2-3-7-13(12)17/h2-9H,10-11H2,1H3. The number of amides is 1. The van der Waals surface area contributed by atoms with Gasteiger partial charge in [0.2, 0.25) is 0 Å². The molecule has 0 saturated carbocycles. The van der Waals surface area contributed by atoms with Crippen LogP contribution in [0.15, 0.2) is 48.5 Å². The molecule has 0 aliphatic carbocycles. The molecule has 0 aromatic heterocycles. The molecule has 2 aromatic rings. The average Bonchev–Trinajstić information content (AvgIpc) is 2.48. The second-order valence-corrected chi connectivity index (χ2v) is 5.25. The van der Waals surface area contributed by atoms with Crippen LogP contribution in [0.1, 0.15) is 10.4 Å². The van der Waals surface area contributed by atoms with Crippen LogP contribution in [0, 0.1) is 0 Å². The molecule has 20 heavy (non-hydrogen) atoms. The topological polar surface area (TPSA) is 23.6 Å². The monoisotopic (exact) mass is 286 g/mol. The van der Waals surface area contributed by atoms with Gasteiger partial charge in [-0.3, -0.25) is 4.79 Å². The number of rotatable bonds is 1. The molecule has 3 rings (SSSR count). The van der Waals surface area contributed by atoms with Crippen molar-refractivity contribution >= 4 is 28.9 Å². The van der Waals surface area contributed by atoms with E-state index in [1.807, 2.05) is 43.4 Å². The lowest BCUT2D eigenvalue weighted by atomic mass is 10.1. The van der Waals surface area contributed by atoms with Crippen LogP contribution in [0.2, 0.25) is 5.02 Å². The number of carbonyl (C=O) groups excluding carboxylic acids is 1. The molecule has 0 saturated heterocycles. The molecule has 1 amide bonds. The molecule has 0 unspecified atom stereocenters. The van der Waals surface area contributed by atoms with Crippen molar-refractivity contribution in [1.82, 2.24) is 0 Å². The molecule has 1 aliphatic heterocycles. The summed E-state index contributed by atoms with van der Waals surface area (Å²) < 4.78 is 0. The van der Waals surface area contributed by atoms with E-state index < -0.39 is 0 Å². The Hall–Kier alpha value is -2.00. The molecule has 0 bridgehead atoms. The predicted octanol–water partition coefficient (Wildman–Crippen LogP) is 3.44. The smallest absolute Gasteiger partial charge is 0.259 e. The van der Waals surface area contributed by atoms with Crippen molar-refractivity contribution in [1.29, 1.82) is 0 Å². The van der Waals surface area contributed by atoms with Crippen molar-refractivity contribution in [3.05, 3.63) is 59.1 Å². The van der Waals surface area contributed by atoms with Gasteiger partial charge in [-0.2, -0.15) is 0 Å². The summed E-state index contributed by atoms with van der Waals surface area (Å²) in [6.45, 7) is 1.48. The van der Waals surface area contributed by atoms with E-state index in [-0.39, 0.29) is 5.91 Å². The Morgan fingerprint density at radius 3 is 2.40 bits per heavy atom. The molecule has 2 aromatic carbocycles. The lowest BCUT2D eigenvalue weighted by Gasteiger charge is -2.35. The van der Waals surface area contributed by atoms with E-state index in [4.69, 9.17) is 11.6 Å². The molecule has 3 nitrogen and oxygen atoms in total. The first-order chi connectivity index (χ1) is 9.68. The van der Waals surface area contributed by atoms with Gasteiger partial charge in [-0.25, -0.2) is 0 Å². The lowest BCUT2D eigenvalue weighted by molar-refractivity contribution is 0.0987. The molecular formula is C16H15ClN2O. The summed E-state index contributed by atoms with van der Waals surface area (Å²) in [7, 11) is 2.04. The van der Waals surface area contributed by atoms with Crippen molar-refractivity contribution in [2.45, 2.75) is 0 Å². The normalized spacial score (nSPS) is 14.1. The molecule has 102 valence electrons. The van der Waals surface area contributed by atoms with Gasteiger partial charge in [-0.15, -0.1) is 0 Å². The van der Waals surface area contributed by atoms with Crippen molar-refractivity contribution < 1.29 is 4.79 Å². The van der Waals surface area contributed by atoms with Crippen LogP contribution in [0.25, 0.3) is 0 Å². The molecule has 0 atom stereocenters. The van der Waals surface area contributed by atoms with Gasteiger partial charge in [0.1, 0.15) is 0 Å². The van der Waals surface area contributed by atoms with E-state index in [9.17, 15) is 4.79 Å². The van der Waals surface area contributed by atoms with Gasteiger partial charge in [-0.05, 0) is 24.3 Å². The van der Waals surface area contributed by atoms with Crippen LogP contribution in [-0.2, 0) is 0 Å². The Morgan fingerprint density at radius 2 is 1.65 bits per heavy atom. The van der Waals surface area contributed by atoms with E-state index in [1.165, 1.54) is 0 Å². The summed E-state index contributed by atoms with van der Waals surface area (Å²) in [5.74, 6) is -0.0452. The van der Waals surface area contributed by atoms with Crippen LogP contribution in [0.3, 0.4) is 0 Å². The van der Waals surface area contributed by atoms with Gasteiger partial charge in [0.15, 0.2) is 0 Å². The number of fused-ring (bicyclic) bond motifs is 1. The quantitative estimate of drug-likeness (QED) is 0.802. The maximum atomic E-state index is 12.7. The molecular weight excluding hydrogens is 272 g/mol. The summed E-state index contributed by atoms with van der Waals surface area (Å²) in [5, 5.41) is 0.494. The molecule has 1 aliphatic rings.